The second kappa shape index (κ2) is 9.41. The van der Waals surface area contributed by atoms with E-state index in [0.717, 1.165) is 13.1 Å². The smallest absolute Gasteiger partial charge is 0.291 e. The maximum Gasteiger partial charge on any atom is 0.291 e. The van der Waals surface area contributed by atoms with Crippen molar-refractivity contribution in [1.82, 2.24) is 4.90 Å². The monoisotopic (exact) mass is 413 g/mol. The Kier molecular flexibility index (Phi) is 6.68. The second-order valence-electron chi connectivity index (χ2n) is 6.72. The molecule has 2 aromatic heterocycles. The van der Waals surface area contributed by atoms with E-state index >= 15 is 0 Å². The lowest BCUT2D eigenvalue weighted by Crippen LogP contribution is -2.21. The number of aryl methyl sites for hydroxylation is 1. The number of amides is 2. The van der Waals surface area contributed by atoms with Crippen LogP contribution in [0, 0.1) is 12.7 Å². The van der Waals surface area contributed by atoms with Gasteiger partial charge in [-0.1, -0.05) is 13.8 Å². The molecule has 0 aliphatic heterocycles. The fourth-order valence-electron chi connectivity index (χ4n) is 2.95. The van der Waals surface area contributed by atoms with E-state index in [9.17, 15) is 14.0 Å². The molecule has 158 valence electrons. The Morgan fingerprint density at radius 2 is 1.80 bits per heavy atom. The van der Waals surface area contributed by atoms with E-state index < -0.39 is 17.6 Å². The third kappa shape index (κ3) is 4.96. The standard InChI is InChI=1S/C22H24FN3O4/c1-4-26(5-2)13-16-7-9-20(30-16)22(28)24-15-6-8-18(23)19(12-15)25-21(27)17-10-11-29-14(17)3/h6-12H,4-5,13H2,1-3H3,(H,24,28)(H,25,27). The van der Waals surface area contributed by atoms with Crippen LogP contribution in [0.1, 0.15) is 46.3 Å². The van der Waals surface area contributed by atoms with Crippen LogP contribution in [-0.2, 0) is 6.54 Å². The van der Waals surface area contributed by atoms with Gasteiger partial charge in [-0.15, -0.1) is 0 Å². The van der Waals surface area contributed by atoms with Gasteiger partial charge in [0.05, 0.1) is 24.1 Å². The van der Waals surface area contributed by atoms with Crippen LogP contribution in [-0.4, -0.2) is 29.8 Å². The van der Waals surface area contributed by atoms with Crippen molar-refractivity contribution < 1.29 is 22.8 Å². The summed E-state index contributed by atoms with van der Waals surface area (Å²) in [5.74, 6) is -0.323. The molecule has 3 rings (SSSR count). The predicted octanol–water partition coefficient (Wildman–Crippen LogP) is 4.67. The fourth-order valence-corrected chi connectivity index (χ4v) is 2.95. The average Bonchev–Trinajstić information content (AvgIpc) is 3.37. The van der Waals surface area contributed by atoms with Crippen molar-refractivity contribution in [3.63, 3.8) is 0 Å². The first-order chi connectivity index (χ1) is 14.4. The molecule has 0 bridgehead atoms. The maximum atomic E-state index is 14.2. The number of hydrogen-bond acceptors (Lipinski definition) is 5. The number of hydrogen-bond donors (Lipinski definition) is 2. The van der Waals surface area contributed by atoms with Crippen molar-refractivity contribution in [1.29, 1.82) is 0 Å². The zero-order chi connectivity index (χ0) is 21.7. The second-order valence-corrected chi connectivity index (χ2v) is 6.72. The molecule has 30 heavy (non-hydrogen) atoms. The molecule has 0 unspecified atom stereocenters. The highest BCUT2D eigenvalue weighted by atomic mass is 19.1. The summed E-state index contributed by atoms with van der Waals surface area (Å²) in [6.07, 6.45) is 1.38. The molecule has 0 fully saturated rings. The molecule has 0 saturated heterocycles. The van der Waals surface area contributed by atoms with Gasteiger partial charge in [-0.2, -0.15) is 0 Å². The van der Waals surface area contributed by atoms with Crippen molar-refractivity contribution in [2.24, 2.45) is 0 Å². The molecule has 1 aromatic carbocycles. The Hall–Kier alpha value is -3.39. The normalized spacial score (nSPS) is 11.0. The Morgan fingerprint density at radius 3 is 2.47 bits per heavy atom. The summed E-state index contributed by atoms with van der Waals surface area (Å²) >= 11 is 0. The number of furan rings is 2. The summed E-state index contributed by atoms with van der Waals surface area (Å²) in [6, 6.07) is 8.78. The molecule has 2 N–H and O–H groups in total. The molecule has 0 radical (unpaired) electrons. The summed E-state index contributed by atoms with van der Waals surface area (Å²) < 4.78 is 24.9. The third-order valence-electron chi connectivity index (χ3n) is 4.74. The van der Waals surface area contributed by atoms with E-state index in [-0.39, 0.29) is 11.4 Å². The van der Waals surface area contributed by atoms with E-state index in [1.807, 2.05) is 0 Å². The summed E-state index contributed by atoms with van der Waals surface area (Å²) in [6.45, 7) is 8.11. The SMILES string of the molecule is CCN(CC)Cc1ccc(C(=O)Nc2ccc(F)c(NC(=O)c3ccoc3C)c2)o1. The number of carbonyl (C=O) groups is 2. The largest absolute Gasteiger partial charge is 0.469 e. The van der Waals surface area contributed by atoms with Crippen LogP contribution < -0.4 is 10.6 Å². The lowest BCUT2D eigenvalue weighted by Gasteiger charge is -2.15. The maximum absolute atomic E-state index is 14.2. The zero-order valence-electron chi connectivity index (χ0n) is 17.1. The van der Waals surface area contributed by atoms with Crippen LogP contribution in [0.15, 0.2) is 51.5 Å². The Labute approximate surface area is 173 Å². The van der Waals surface area contributed by atoms with E-state index in [4.69, 9.17) is 8.83 Å². The Balaban J connectivity index is 1.69. The first-order valence-electron chi connectivity index (χ1n) is 9.68. The van der Waals surface area contributed by atoms with Crippen LogP contribution in [0.2, 0.25) is 0 Å². The predicted molar refractivity (Wildman–Crippen MR) is 111 cm³/mol. The minimum atomic E-state index is -0.623. The van der Waals surface area contributed by atoms with E-state index in [1.54, 1.807) is 19.1 Å². The molecule has 2 heterocycles. The molecule has 0 saturated carbocycles. The van der Waals surface area contributed by atoms with Crippen molar-refractivity contribution >= 4 is 23.2 Å². The number of nitrogens with zero attached hydrogens (tertiary/aromatic N) is 1. The minimum absolute atomic E-state index is 0.0555. The van der Waals surface area contributed by atoms with Crippen LogP contribution in [0.25, 0.3) is 0 Å². The molecule has 0 aliphatic rings. The molecule has 7 nitrogen and oxygen atoms in total. The van der Waals surface area contributed by atoms with Gasteiger partial charge in [0.15, 0.2) is 5.76 Å². The Bertz CT molecular complexity index is 1040. The van der Waals surface area contributed by atoms with Crippen LogP contribution in [0.5, 0.6) is 0 Å². The minimum Gasteiger partial charge on any atom is -0.469 e. The number of benzene rings is 1. The number of nitrogens with one attached hydrogen (secondary N) is 2. The summed E-state index contributed by atoms with van der Waals surface area (Å²) in [5, 5.41) is 5.15. The van der Waals surface area contributed by atoms with Gasteiger partial charge in [-0.3, -0.25) is 14.5 Å². The number of halogens is 1. The molecule has 0 spiro atoms. The van der Waals surface area contributed by atoms with Gasteiger partial charge >= 0.3 is 0 Å². The van der Waals surface area contributed by atoms with Gasteiger partial charge in [-0.25, -0.2) is 4.39 Å². The van der Waals surface area contributed by atoms with Crippen molar-refractivity contribution in [3.05, 3.63) is 71.3 Å². The quantitative estimate of drug-likeness (QED) is 0.560. The van der Waals surface area contributed by atoms with Gasteiger partial charge in [0, 0.05) is 5.69 Å². The Morgan fingerprint density at radius 1 is 1.03 bits per heavy atom. The highest BCUT2D eigenvalue weighted by molar-refractivity contribution is 6.06. The van der Waals surface area contributed by atoms with E-state index in [2.05, 4.69) is 29.4 Å². The first kappa shape index (κ1) is 21.3. The lowest BCUT2D eigenvalue weighted by atomic mass is 10.2. The molecule has 0 aliphatic carbocycles. The lowest BCUT2D eigenvalue weighted by molar-refractivity contribution is 0.0991. The van der Waals surface area contributed by atoms with Gasteiger partial charge in [0.25, 0.3) is 11.8 Å². The highest BCUT2D eigenvalue weighted by Gasteiger charge is 2.16. The summed E-state index contributed by atoms with van der Waals surface area (Å²) in [4.78, 5) is 27.0. The van der Waals surface area contributed by atoms with E-state index in [0.29, 0.717) is 29.3 Å². The van der Waals surface area contributed by atoms with Gasteiger partial charge < -0.3 is 19.5 Å². The first-order valence-corrected chi connectivity index (χ1v) is 9.68. The van der Waals surface area contributed by atoms with Crippen LogP contribution >= 0.6 is 0 Å². The van der Waals surface area contributed by atoms with Crippen LogP contribution in [0.3, 0.4) is 0 Å². The molecule has 3 aromatic rings. The zero-order valence-corrected chi connectivity index (χ0v) is 17.1. The number of carbonyl (C=O) groups excluding carboxylic acids is 2. The summed E-state index contributed by atoms with van der Waals surface area (Å²) in [7, 11) is 0. The molecular formula is C22H24FN3O4. The molecule has 8 heteroatoms. The van der Waals surface area contributed by atoms with Gasteiger partial charge in [0.1, 0.15) is 17.3 Å². The van der Waals surface area contributed by atoms with E-state index in [1.165, 1.54) is 30.5 Å². The fraction of sp³-hybridized carbons (Fsp3) is 0.273. The van der Waals surface area contributed by atoms with Crippen LogP contribution in [0.4, 0.5) is 15.8 Å². The van der Waals surface area contributed by atoms with Gasteiger partial charge in [0.2, 0.25) is 0 Å². The van der Waals surface area contributed by atoms with Crippen molar-refractivity contribution in [2.45, 2.75) is 27.3 Å². The summed E-state index contributed by atoms with van der Waals surface area (Å²) in [5.41, 5.74) is 0.572. The molecular weight excluding hydrogens is 389 g/mol. The average molecular weight is 413 g/mol. The highest BCUT2D eigenvalue weighted by Crippen LogP contribution is 2.22. The van der Waals surface area contributed by atoms with Crippen molar-refractivity contribution in [2.75, 3.05) is 23.7 Å². The topological polar surface area (TPSA) is 87.7 Å². The molecule has 2 amide bonds. The number of rotatable bonds is 8. The van der Waals surface area contributed by atoms with Gasteiger partial charge in [-0.05, 0) is 56.4 Å². The van der Waals surface area contributed by atoms with Crippen molar-refractivity contribution in [3.8, 4) is 0 Å². The number of anilines is 2. The molecule has 0 atom stereocenters. The third-order valence-corrected chi connectivity index (χ3v) is 4.74.